The first-order valence-electron chi connectivity index (χ1n) is 9.29. The summed E-state index contributed by atoms with van der Waals surface area (Å²) < 4.78 is 0. The van der Waals surface area contributed by atoms with Crippen molar-refractivity contribution in [1.29, 1.82) is 0 Å². The monoisotopic (exact) mass is 302 g/mol. The Morgan fingerprint density at radius 3 is 2.41 bits per heavy atom. The Bertz CT molecular complexity index is 548. The first-order valence-corrected chi connectivity index (χ1v) is 9.29. The van der Waals surface area contributed by atoms with Gasteiger partial charge in [0.25, 0.3) is 0 Å². The first kappa shape index (κ1) is 14.9. The average Bonchev–Trinajstić information content (AvgIpc) is 2.79. The van der Waals surface area contributed by atoms with Crippen LogP contribution in [0.1, 0.15) is 72.1 Å². The summed E-state index contributed by atoms with van der Waals surface area (Å²) >= 11 is 0. The van der Waals surface area contributed by atoms with Crippen molar-refractivity contribution in [2.75, 3.05) is 0 Å². The van der Waals surface area contributed by atoms with E-state index in [1.807, 2.05) is 0 Å². The van der Waals surface area contributed by atoms with Crippen molar-refractivity contribution in [3.8, 4) is 0 Å². The van der Waals surface area contributed by atoms with Gasteiger partial charge in [0.05, 0.1) is 6.10 Å². The molecule has 6 unspecified atom stereocenters. The van der Waals surface area contributed by atoms with E-state index in [9.17, 15) is 9.90 Å². The van der Waals surface area contributed by atoms with Gasteiger partial charge in [-0.05, 0) is 80.6 Å². The van der Waals surface area contributed by atoms with Gasteiger partial charge in [-0.1, -0.05) is 19.4 Å². The first-order chi connectivity index (χ1) is 10.4. The summed E-state index contributed by atoms with van der Waals surface area (Å²) in [6, 6.07) is 0. The molecule has 0 spiro atoms. The van der Waals surface area contributed by atoms with E-state index in [1.54, 1.807) is 5.57 Å². The summed E-state index contributed by atoms with van der Waals surface area (Å²) in [6.07, 6.45) is 8.52. The number of carbonyl (C=O) groups is 1. The van der Waals surface area contributed by atoms with E-state index < -0.39 is 0 Å². The van der Waals surface area contributed by atoms with Gasteiger partial charge in [-0.2, -0.15) is 0 Å². The number of aliphatic hydroxyl groups excluding tert-OH is 1. The maximum Gasteiger partial charge on any atom is 0.139 e. The van der Waals surface area contributed by atoms with Gasteiger partial charge in [-0.15, -0.1) is 0 Å². The molecule has 4 rings (SSSR count). The minimum atomic E-state index is -0.207. The molecule has 0 aromatic heterocycles. The molecule has 0 aliphatic heterocycles. The summed E-state index contributed by atoms with van der Waals surface area (Å²) in [5, 5.41) is 10.3. The van der Waals surface area contributed by atoms with Crippen LogP contribution < -0.4 is 0 Å². The van der Waals surface area contributed by atoms with E-state index in [0.29, 0.717) is 17.1 Å². The van der Waals surface area contributed by atoms with Gasteiger partial charge in [0.1, 0.15) is 5.78 Å². The molecule has 3 fully saturated rings. The molecule has 22 heavy (non-hydrogen) atoms. The van der Waals surface area contributed by atoms with E-state index in [0.717, 1.165) is 50.4 Å². The van der Waals surface area contributed by atoms with E-state index in [4.69, 9.17) is 0 Å². The zero-order valence-corrected chi connectivity index (χ0v) is 14.3. The van der Waals surface area contributed by atoms with Gasteiger partial charge in [0.2, 0.25) is 0 Å². The van der Waals surface area contributed by atoms with Crippen LogP contribution in [0.2, 0.25) is 0 Å². The lowest BCUT2D eigenvalue weighted by atomic mass is 9.47. The van der Waals surface area contributed by atoms with E-state index >= 15 is 0 Å². The van der Waals surface area contributed by atoms with Crippen molar-refractivity contribution in [3.05, 3.63) is 11.1 Å². The smallest absolute Gasteiger partial charge is 0.139 e. The second-order valence-electron chi connectivity index (χ2n) is 8.97. The van der Waals surface area contributed by atoms with Crippen molar-refractivity contribution in [1.82, 2.24) is 0 Å². The molecule has 0 saturated heterocycles. The molecule has 0 amide bonds. The van der Waals surface area contributed by atoms with Crippen LogP contribution >= 0.6 is 0 Å². The molecule has 2 nitrogen and oxygen atoms in total. The van der Waals surface area contributed by atoms with Gasteiger partial charge in [0, 0.05) is 11.8 Å². The minimum Gasteiger partial charge on any atom is -0.389 e. The molecule has 3 saturated carbocycles. The highest BCUT2D eigenvalue weighted by Crippen LogP contribution is 2.65. The molecule has 0 radical (unpaired) electrons. The molecule has 0 aromatic rings. The lowest BCUT2D eigenvalue weighted by Crippen LogP contribution is -2.51. The predicted molar refractivity (Wildman–Crippen MR) is 87.3 cm³/mol. The standard InChI is InChI=1S/C20H30O2/c1-12-14-5-4-13-15-6-7-18(22)20(15,3)10-8-16(13)19(14,2)11-9-17(12)21/h13,15-17,21H,4-11H2,1-3H3. The minimum absolute atomic E-state index is 0.0119. The lowest BCUT2D eigenvalue weighted by Gasteiger charge is -2.58. The molecular formula is C20H30O2. The number of allylic oxidation sites excluding steroid dienone is 1. The number of Topliss-reactive ketones (excluding diaryl/α,β-unsaturated/α-hetero) is 1. The molecule has 122 valence electrons. The SMILES string of the molecule is CC1=C2CCC3C4CCC(=O)C4(C)CCC3C2(C)CCC1O. The van der Waals surface area contributed by atoms with Crippen LogP contribution in [0, 0.1) is 28.6 Å². The van der Waals surface area contributed by atoms with Gasteiger partial charge in [-0.25, -0.2) is 0 Å². The zero-order chi connectivity index (χ0) is 15.7. The Hall–Kier alpha value is -0.630. The molecule has 4 aliphatic rings. The van der Waals surface area contributed by atoms with E-state index in [1.165, 1.54) is 18.4 Å². The van der Waals surface area contributed by atoms with Crippen LogP contribution in [0.4, 0.5) is 0 Å². The van der Waals surface area contributed by atoms with Crippen LogP contribution in [0.5, 0.6) is 0 Å². The summed E-state index contributed by atoms with van der Waals surface area (Å²) in [5.74, 6) is 2.65. The predicted octanol–water partition coefficient (Wildman–Crippen LogP) is 4.27. The Morgan fingerprint density at radius 2 is 1.64 bits per heavy atom. The second-order valence-corrected chi connectivity index (χ2v) is 8.97. The number of aliphatic hydroxyl groups is 1. The summed E-state index contributed by atoms with van der Waals surface area (Å²) in [6.45, 7) is 6.88. The quantitative estimate of drug-likeness (QED) is 0.679. The number of hydrogen-bond acceptors (Lipinski definition) is 2. The average molecular weight is 302 g/mol. The number of carbonyl (C=O) groups excluding carboxylic acids is 1. The van der Waals surface area contributed by atoms with E-state index in [-0.39, 0.29) is 11.5 Å². The largest absolute Gasteiger partial charge is 0.389 e. The van der Waals surface area contributed by atoms with Crippen LogP contribution in [0.15, 0.2) is 11.1 Å². The Kier molecular flexibility index (Phi) is 3.18. The molecule has 0 bridgehead atoms. The van der Waals surface area contributed by atoms with Crippen molar-refractivity contribution >= 4 is 5.78 Å². The van der Waals surface area contributed by atoms with Gasteiger partial charge < -0.3 is 5.11 Å². The normalized spacial score (nSPS) is 51.4. The van der Waals surface area contributed by atoms with Gasteiger partial charge >= 0.3 is 0 Å². The molecule has 6 atom stereocenters. The van der Waals surface area contributed by atoms with Crippen molar-refractivity contribution in [3.63, 3.8) is 0 Å². The number of fused-ring (bicyclic) bond motifs is 5. The van der Waals surface area contributed by atoms with Gasteiger partial charge in [0.15, 0.2) is 0 Å². The topological polar surface area (TPSA) is 37.3 Å². The fourth-order valence-electron chi connectivity index (χ4n) is 6.91. The van der Waals surface area contributed by atoms with E-state index in [2.05, 4.69) is 20.8 Å². The molecule has 2 heteroatoms. The molecule has 0 heterocycles. The number of rotatable bonds is 0. The van der Waals surface area contributed by atoms with Gasteiger partial charge in [-0.3, -0.25) is 4.79 Å². The zero-order valence-electron chi connectivity index (χ0n) is 14.3. The third-order valence-corrected chi connectivity index (χ3v) is 8.29. The third-order valence-electron chi connectivity index (χ3n) is 8.29. The van der Waals surface area contributed by atoms with Crippen LogP contribution in [-0.4, -0.2) is 17.0 Å². The Labute approximate surface area is 134 Å². The number of ketones is 1. The molecule has 1 N–H and O–H groups in total. The maximum atomic E-state index is 12.4. The van der Waals surface area contributed by atoms with Crippen molar-refractivity contribution < 1.29 is 9.90 Å². The second kappa shape index (κ2) is 4.69. The van der Waals surface area contributed by atoms with Crippen LogP contribution in [-0.2, 0) is 4.79 Å². The lowest BCUT2D eigenvalue weighted by molar-refractivity contribution is -0.132. The molecule has 0 aromatic carbocycles. The molecule has 4 aliphatic carbocycles. The highest BCUT2D eigenvalue weighted by Gasteiger charge is 2.59. The summed E-state index contributed by atoms with van der Waals surface area (Å²) in [7, 11) is 0. The summed E-state index contributed by atoms with van der Waals surface area (Å²) in [5.41, 5.74) is 3.12. The maximum absolute atomic E-state index is 12.4. The number of hydrogen-bond donors (Lipinski definition) is 1. The van der Waals surface area contributed by atoms with Crippen LogP contribution in [0.3, 0.4) is 0 Å². The highest BCUT2D eigenvalue weighted by atomic mass is 16.3. The Morgan fingerprint density at radius 1 is 0.955 bits per heavy atom. The fourth-order valence-corrected chi connectivity index (χ4v) is 6.91. The van der Waals surface area contributed by atoms with Crippen LogP contribution in [0.25, 0.3) is 0 Å². The molecular weight excluding hydrogens is 272 g/mol. The fraction of sp³-hybridized carbons (Fsp3) is 0.850. The summed E-state index contributed by atoms with van der Waals surface area (Å²) in [4.78, 5) is 12.4. The highest BCUT2D eigenvalue weighted by molar-refractivity contribution is 5.87. The van der Waals surface area contributed by atoms with Crippen molar-refractivity contribution in [2.45, 2.75) is 78.2 Å². The third kappa shape index (κ3) is 1.74. The van der Waals surface area contributed by atoms with Crippen molar-refractivity contribution in [2.24, 2.45) is 28.6 Å². The Balaban J connectivity index is 1.72.